The van der Waals surface area contributed by atoms with Crippen LogP contribution >= 0.6 is 11.8 Å². The van der Waals surface area contributed by atoms with Crippen molar-refractivity contribution in [2.24, 2.45) is 5.92 Å². The van der Waals surface area contributed by atoms with Crippen molar-refractivity contribution in [2.45, 2.75) is 31.7 Å². The number of benzene rings is 1. The second-order valence-corrected chi connectivity index (χ2v) is 7.70. The lowest BCUT2D eigenvalue weighted by molar-refractivity contribution is -0.133. The van der Waals surface area contributed by atoms with Crippen LogP contribution < -0.4 is 5.32 Å². The molecule has 1 aromatic carbocycles. The monoisotopic (exact) mass is 318 g/mol. The first-order valence-corrected chi connectivity index (χ1v) is 9.53. The first-order valence-electron chi connectivity index (χ1n) is 8.38. The van der Waals surface area contributed by atoms with Gasteiger partial charge >= 0.3 is 0 Å². The Kier molecular flexibility index (Phi) is 5.42. The van der Waals surface area contributed by atoms with Gasteiger partial charge in [0.1, 0.15) is 0 Å². The standard InChI is InChI=1S/C18H26N2OS/c1-14-12-20(18(21)11-16-13-22-10-8-19-16)9-7-17(14)15-5-3-2-4-6-15/h2-6,14,16-17,19H,7-13H2,1H3. The van der Waals surface area contributed by atoms with E-state index in [-0.39, 0.29) is 0 Å². The number of piperidine rings is 1. The third-order valence-corrected chi connectivity index (χ3v) is 6.04. The molecule has 1 amide bonds. The minimum Gasteiger partial charge on any atom is -0.342 e. The third-order valence-electron chi connectivity index (χ3n) is 4.91. The lowest BCUT2D eigenvalue weighted by atomic mass is 9.81. The molecule has 0 aliphatic carbocycles. The van der Waals surface area contributed by atoms with E-state index in [1.54, 1.807) is 0 Å². The van der Waals surface area contributed by atoms with E-state index >= 15 is 0 Å². The molecule has 1 aromatic rings. The molecule has 1 N–H and O–H groups in total. The molecule has 3 atom stereocenters. The fourth-order valence-electron chi connectivity index (χ4n) is 3.66. The van der Waals surface area contributed by atoms with E-state index in [2.05, 4.69) is 47.5 Å². The number of likely N-dealkylation sites (tertiary alicyclic amines) is 1. The molecule has 3 nitrogen and oxygen atoms in total. The van der Waals surface area contributed by atoms with Gasteiger partial charge in [0.25, 0.3) is 0 Å². The highest BCUT2D eigenvalue weighted by Crippen LogP contribution is 2.32. The summed E-state index contributed by atoms with van der Waals surface area (Å²) in [6.07, 6.45) is 1.75. The van der Waals surface area contributed by atoms with Crippen LogP contribution in [0.5, 0.6) is 0 Å². The van der Waals surface area contributed by atoms with Crippen molar-refractivity contribution < 1.29 is 4.79 Å². The maximum absolute atomic E-state index is 12.5. The number of amides is 1. The number of carbonyl (C=O) groups excluding carboxylic acids is 1. The fraction of sp³-hybridized carbons (Fsp3) is 0.611. The molecule has 2 fully saturated rings. The first kappa shape index (κ1) is 15.9. The minimum atomic E-state index is 0.332. The van der Waals surface area contributed by atoms with Gasteiger partial charge in [0, 0.05) is 43.6 Å². The second-order valence-electron chi connectivity index (χ2n) is 6.55. The Bertz CT molecular complexity index is 487. The van der Waals surface area contributed by atoms with Crippen LogP contribution in [0.2, 0.25) is 0 Å². The highest BCUT2D eigenvalue weighted by molar-refractivity contribution is 7.99. The average molecular weight is 318 g/mol. The normalized spacial score (nSPS) is 29.3. The smallest absolute Gasteiger partial charge is 0.224 e. The molecule has 2 aliphatic rings. The summed E-state index contributed by atoms with van der Waals surface area (Å²) in [6.45, 7) is 5.13. The summed E-state index contributed by atoms with van der Waals surface area (Å²) in [6, 6.07) is 11.1. The fourth-order valence-corrected chi connectivity index (χ4v) is 4.61. The molecule has 4 heteroatoms. The molecule has 2 heterocycles. The predicted octanol–water partition coefficient (Wildman–Crippen LogP) is 2.73. The molecule has 0 bridgehead atoms. The Morgan fingerprint density at radius 1 is 1.36 bits per heavy atom. The Hall–Kier alpha value is -1.00. The minimum absolute atomic E-state index is 0.332. The second kappa shape index (κ2) is 7.51. The summed E-state index contributed by atoms with van der Waals surface area (Å²) in [4.78, 5) is 14.6. The zero-order valence-corrected chi connectivity index (χ0v) is 14.1. The number of nitrogens with one attached hydrogen (secondary N) is 1. The van der Waals surface area contributed by atoms with E-state index in [0.717, 1.165) is 31.8 Å². The average Bonchev–Trinajstić information content (AvgIpc) is 2.56. The molecule has 120 valence electrons. The van der Waals surface area contributed by atoms with Crippen molar-refractivity contribution >= 4 is 17.7 Å². The maximum Gasteiger partial charge on any atom is 0.224 e. The molecule has 2 saturated heterocycles. The third kappa shape index (κ3) is 3.85. The van der Waals surface area contributed by atoms with Gasteiger partial charge in [0.2, 0.25) is 5.91 Å². The van der Waals surface area contributed by atoms with Gasteiger partial charge in [-0.05, 0) is 23.8 Å². The molecular formula is C18H26N2OS. The Balaban J connectivity index is 1.54. The van der Waals surface area contributed by atoms with Gasteiger partial charge in [-0.15, -0.1) is 0 Å². The van der Waals surface area contributed by atoms with Crippen LogP contribution in [0.25, 0.3) is 0 Å². The highest BCUT2D eigenvalue weighted by Gasteiger charge is 2.30. The van der Waals surface area contributed by atoms with Gasteiger partial charge in [-0.3, -0.25) is 4.79 Å². The van der Waals surface area contributed by atoms with E-state index in [4.69, 9.17) is 0 Å². The van der Waals surface area contributed by atoms with Gasteiger partial charge in [0.05, 0.1) is 0 Å². The van der Waals surface area contributed by atoms with Crippen molar-refractivity contribution in [1.29, 1.82) is 0 Å². The lowest BCUT2D eigenvalue weighted by Gasteiger charge is -2.38. The van der Waals surface area contributed by atoms with Crippen molar-refractivity contribution in [3.05, 3.63) is 35.9 Å². The quantitative estimate of drug-likeness (QED) is 0.930. The summed E-state index contributed by atoms with van der Waals surface area (Å²) in [5.74, 6) is 3.70. The Labute approximate surface area is 137 Å². The lowest BCUT2D eigenvalue weighted by Crippen LogP contribution is -2.46. The number of nitrogens with zero attached hydrogens (tertiary/aromatic N) is 1. The maximum atomic E-state index is 12.5. The van der Waals surface area contributed by atoms with Gasteiger partial charge in [-0.2, -0.15) is 11.8 Å². The highest BCUT2D eigenvalue weighted by atomic mass is 32.2. The van der Waals surface area contributed by atoms with E-state index in [9.17, 15) is 4.79 Å². The molecule has 3 unspecified atom stereocenters. The van der Waals surface area contributed by atoms with Crippen LogP contribution in [0.15, 0.2) is 30.3 Å². The number of hydrogen-bond acceptors (Lipinski definition) is 3. The first-order chi connectivity index (χ1) is 10.7. The molecular weight excluding hydrogens is 292 g/mol. The molecule has 3 rings (SSSR count). The van der Waals surface area contributed by atoms with Crippen molar-refractivity contribution in [2.75, 3.05) is 31.1 Å². The van der Waals surface area contributed by atoms with E-state index in [1.165, 1.54) is 11.3 Å². The van der Waals surface area contributed by atoms with E-state index in [1.807, 2.05) is 11.8 Å². The summed E-state index contributed by atoms with van der Waals surface area (Å²) >= 11 is 1.96. The van der Waals surface area contributed by atoms with Crippen LogP contribution in [-0.2, 0) is 4.79 Å². The number of hydrogen-bond donors (Lipinski definition) is 1. The number of thioether (sulfide) groups is 1. The Morgan fingerprint density at radius 3 is 2.86 bits per heavy atom. The SMILES string of the molecule is CC1CN(C(=O)CC2CSCCN2)CCC1c1ccccc1. The zero-order chi connectivity index (χ0) is 15.4. The number of carbonyl (C=O) groups is 1. The largest absolute Gasteiger partial charge is 0.342 e. The predicted molar refractivity (Wildman–Crippen MR) is 93.3 cm³/mol. The van der Waals surface area contributed by atoms with Gasteiger partial charge in [-0.1, -0.05) is 37.3 Å². The molecule has 2 aliphatic heterocycles. The van der Waals surface area contributed by atoms with Crippen molar-refractivity contribution in [1.82, 2.24) is 10.2 Å². The topological polar surface area (TPSA) is 32.3 Å². The summed E-state index contributed by atoms with van der Waals surface area (Å²) in [5, 5.41) is 3.47. The van der Waals surface area contributed by atoms with E-state index in [0.29, 0.717) is 30.2 Å². The van der Waals surface area contributed by atoms with Crippen LogP contribution in [0.1, 0.15) is 31.2 Å². The van der Waals surface area contributed by atoms with Gasteiger partial charge in [0.15, 0.2) is 0 Å². The van der Waals surface area contributed by atoms with E-state index < -0.39 is 0 Å². The summed E-state index contributed by atoms with van der Waals surface area (Å²) < 4.78 is 0. The van der Waals surface area contributed by atoms with Crippen LogP contribution in [0.4, 0.5) is 0 Å². The molecule has 0 spiro atoms. The Morgan fingerprint density at radius 2 is 2.18 bits per heavy atom. The summed E-state index contributed by atoms with van der Waals surface area (Å²) in [7, 11) is 0. The molecule has 0 radical (unpaired) electrons. The molecule has 0 saturated carbocycles. The van der Waals surface area contributed by atoms with Crippen LogP contribution in [0, 0.1) is 5.92 Å². The van der Waals surface area contributed by atoms with Gasteiger partial charge in [-0.25, -0.2) is 0 Å². The summed E-state index contributed by atoms with van der Waals surface area (Å²) in [5.41, 5.74) is 1.42. The zero-order valence-electron chi connectivity index (χ0n) is 13.3. The van der Waals surface area contributed by atoms with Crippen LogP contribution in [-0.4, -0.2) is 48.0 Å². The van der Waals surface area contributed by atoms with Crippen LogP contribution in [0.3, 0.4) is 0 Å². The number of rotatable bonds is 3. The van der Waals surface area contributed by atoms with Crippen molar-refractivity contribution in [3.63, 3.8) is 0 Å². The van der Waals surface area contributed by atoms with Gasteiger partial charge < -0.3 is 10.2 Å². The molecule has 0 aromatic heterocycles. The van der Waals surface area contributed by atoms with Crippen molar-refractivity contribution in [3.8, 4) is 0 Å². The molecule has 22 heavy (non-hydrogen) atoms.